The lowest BCUT2D eigenvalue weighted by molar-refractivity contribution is 0.256. The molecule has 0 spiro atoms. The standard InChI is InChI=1S/C18H26BrF/c1-2-3-4-14-5-9-16(10-6-14)18(19)13-15-7-11-17(20)12-8-15/h7-8,11-12,14,16,18H,2-6,9-10,13H2,1H3. The van der Waals surface area contributed by atoms with Gasteiger partial charge in [0.2, 0.25) is 0 Å². The fraction of sp³-hybridized carbons (Fsp3) is 0.667. The van der Waals surface area contributed by atoms with Gasteiger partial charge in [0.15, 0.2) is 0 Å². The summed E-state index contributed by atoms with van der Waals surface area (Å²) < 4.78 is 12.9. The van der Waals surface area contributed by atoms with Gasteiger partial charge in [-0.25, -0.2) is 4.39 Å². The van der Waals surface area contributed by atoms with E-state index in [0.29, 0.717) is 4.83 Å². The summed E-state index contributed by atoms with van der Waals surface area (Å²) in [6.07, 6.45) is 10.7. The van der Waals surface area contributed by atoms with Gasteiger partial charge in [-0.05, 0) is 48.8 Å². The molecule has 0 aliphatic heterocycles. The fourth-order valence-corrected chi connectivity index (χ4v) is 4.25. The minimum absolute atomic E-state index is 0.142. The Bertz CT molecular complexity index is 379. The first kappa shape index (κ1) is 16.0. The predicted octanol–water partition coefficient (Wildman–Crippen LogP) is 6.13. The molecule has 0 amide bonds. The van der Waals surface area contributed by atoms with Crippen molar-refractivity contribution in [3.8, 4) is 0 Å². The first-order chi connectivity index (χ1) is 9.69. The Morgan fingerprint density at radius 3 is 2.40 bits per heavy atom. The third kappa shape index (κ3) is 4.87. The van der Waals surface area contributed by atoms with Crippen LogP contribution in [0.1, 0.15) is 57.4 Å². The lowest BCUT2D eigenvalue weighted by atomic mass is 9.78. The lowest BCUT2D eigenvalue weighted by Gasteiger charge is -2.31. The van der Waals surface area contributed by atoms with E-state index in [9.17, 15) is 4.39 Å². The van der Waals surface area contributed by atoms with Gasteiger partial charge in [-0.3, -0.25) is 0 Å². The number of rotatable bonds is 6. The first-order valence-corrected chi connectivity index (χ1v) is 8.99. The van der Waals surface area contributed by atoms with Gasteiger partial charge in [-0.2, -0.15) is 0 Å². The molecule has 0 radical (unpaired) electrons. The van der Waals surface area contributed by atoms with E-state index in [-0.39, 0.29) is 5.82 Å². The molecule has 0 heterocycles. The number of halogens is 2. The van der Waals surface area contributed by atoms with Crippen LogP contribution >= 0.6 is 15.9 Å². The topological polar surface area (TPSA) is 0 Å². The molecule has 112 valence electrons. The van der Waals surface area contributed by atoms with Crippen LogP contribution in [0.15, 0.2) is 24.3 Å². The highest BCUT2D eigenvalue weighted by molar-refractivity contribution is 9.09. The summed E-state index contributed by atoms with van der Waals surface area (Å²) >= 11 is 3.87. The van der Waals surface area contributed by atoms with E-state index in [1.54, 1.807) is 12.1 Å². The molecule has 0 saturated heterocycles. The molecule has 1 fully saturated rings. The molecule has 2 rings (SSSR count). The maximum atomic E-state index is 12.9. The van der Waals surface area contributed by atoms with Crippen molar-refractivity contribution in [1.29, 1.82) is 0 Å². The number of hydrogen-bond acceptors (Lipinski definition) is 0. The van der Waals surface area contributed by atoms with Crippen LogP contribution in [-0.2, 0) is 6.42 Å². The molecular weight excluding hydrogens is 315 g/mol. The molecular formula is C18H26BrF. The lowest BCUT2D eigenvalue weighted by Crippen LogP contribution is -2.23. The Labute approximate surface area is 131 Å². The van der Waals surface area contributed by atoms with Crippen molar-refractivity contribution < 1.29 is 4.39 Å². The van der Waals surface area contributed by atoms with Crippen LogP contribution in [0.5, 0.6) is 0 Å². The number of benzene rings is 1. The highest BCUT2D eigenvalue weighted by Crippen LogP contribution is 2.36. The van der Waals surface area contributed by atoms with Crippen molar-refractivity contribution >= 4 is 15.9 Å². The zero-order valence-electron chi connectivity index (χ0n) is 12.5. The summed E-state index contributed by atoms with van der Waals surface area (Å²) in [4.78, 5) is 0.542. The average molecular weight is 341 g/mol. The Balaban J connectivity index is 1.76. The summed E-state index contributed by atoms with van der Waals surface area (Å²) in [7, 11) is 0. The molecule has 0 aromatic heterocycles. The Morgan fingerprint density at radius 2 is 1.80 bits per heavy atom. The van der Waals surface area contributed by atoms with E-state index in [2.05, 4.69) is 22.9 Å². The summed E-state index contributed by atoms with van der Waals surface area (Å²) in [5.74, 6) is 1.62. The fourth-order valence-electron chi connectivity index (χ4n) is 3.34. The molecule has 1 saturated carbocycles. The summed E-state index contributed by atoms with van der Waals surface area (Å²) in [5, 5.41) is 0. The molecule has 1 aliphatic rings. The first-order valence-electron chi connectivity index (χ1n) is 8.07. The molecule has 1 aromatic carbocycles. The maximum Gasteiger partial charge on any atom is 0.123 e. The van der Waals surface area contributed by atoms with Gasteiger partial charge in [0, 0.05) is 4.83 Å². The molecule has 20 heavy (non-hydrogen) atoms. The Hall–Kier alpha value is -0.370. The second-order valence-electron chi connectivity index (χ2n) is 6.27. The molecule has 1 aliphatic carbocycles. The van der Waals surface area contributed by atoms with Crippen molar-refractivity contribution in [2.45, 2.75) is 63.1 Å². The van der Waals surface area contributed by atoms with Crippen LogP contribution in [-0.4, -0.2) is 4.83 Å². The van der Waals surface area contributed by atoms with Gasteiger partial charge < -0.3 is 0 Å². The maximum absolute atomic E-state index is 12.9. The number of unbranched alkanes of at least 4 members (excludes halogenated alkanes) is 1. The molecule has 1 atom stereocenters. The molecule has 0 nitrogen and oxygen atoms in total. The van der Waals surface area contributed by atoms with Crippen molar-refractivity contribution in [3.63, 3.8) is 0 Å². The SMILES string of the molecule is CCCCC1CCC(C(Br)Cc2ccc(F)cc2)CC1. The minimum atomic E-state index is -0.142. The predicted molar refractivity (Wildman–Crippen MR) is 87.8 cm³/mol. The third-order valence-electron chi connectivity index (χ3n) is 4.71. The van der Waals surface area contributed by atoms with E-state index in [4.69, 9.17) is 0 Å². The van der Waals surface area contributed by atoms with Gasteiger partial charge in [0.05, 0.1) is 0 Å². The second-order valence-corrected chi connectivity index (χ2v) is 7.45. The highest BCUT2D eigenvalue weighted by Gasteiger charge is 2.25. The molecule has 0 N–H and O–H groups in total. The van der Waals surface area contributed by atoms with Crippen LogP contribution < -0.4 is 0 Å². The monoisotopic (exact) mass is 340 g/mol. The molecule has 1 unspecified atom stereocenters. The number of alkyl halides is 1. The molecule has 0 bridgehead atoms. The van der Waals surface area contributed by atoms with E-state index < -0.39 is 0 Å². The van der Waals surface area contributed by atoms with Crippen molar-refractivity contribution in [2.75, 3.05) is 0 Å². The highest BCUT2D eigenvalue weighted by atomic mass is 79.9. The third-order valence-corrected chi connectivity index (χ3v) is 5.78. The van der Waals surface area contributed by atoms with E-state index in [1.807, 2.05) is 12.1 Å². The number of hydrogen-bond donors (Lipinski definition) is 0. The zero-order valence-corrected chi connectivity index (χ0v) is 14.0. The Kier molecular flexibility index (Phi) is 6.54. The van der Waals surface area contributed by atoms with Gasteiger partial charge in [-0.15, -0.1) is 0 Å². The van der Waals surface area contributed by atoms with E-state index in [0.717, 1.165) is 18.3 Å². The van der Waals surface area contributed by atoms with Crippen LogP contribution in [0.3, 0.4) is 0 Å². The summed E-state index contributed by atoms with van der Waals surface area (Å²) in [5.41, 5.74) is 1.24. The molecule has 2 heteroatoms. The Morgan fingerprint density at radius 1 is 1.15 bits per heavy atom. The van der Waals surface area contributed by atoms with E-state index in [1.165, 1.54) is 50.5 Å². The van der Waals surface area contributed by atoms with Crippen LogP contribution in [0.25, 0.3) is 0 Å². The van der Waals surface area contributed by atoms with Crippen LogP contribution in [0.2, 0.25) is 0 Å². The van der Waals surface area contributed by atoms with Gasteiger partial charge in [0.25, 0.3) is 0 Å². The van der Waals surface area contributed by atoms with Crippen molar-refractivity contribution in [1.82, 2.24) is 0 Å². The quantitative estimate of drug-likeness (QED) is 0.546. The van der Waals surface area contributed by atoms with Crippen LogP contribution in [0.4, 0.5) is 4.39 Å². The second kappa shape index (κ2) is 8.17. The largest absolute Gasteiger partial charge is 0.207 e. The smallest absolute Gasteiger partial charge is 0.123 e. The average Bonchev–Trinajstić information content (AvgIpc) is 2.48. The normalized spacial score (nSPS) is 24.6. The van der Waals surface area contributed by atoms with Gasteiger partial charge in [0.1, 0.15) is 5.82 Å². The summed E-state index contributed by atoms with van der Waals surface area (Å²) in [6, 6.07) is 6.96. The van der Waals surface area contributed by atoms with Crippen LogP contribution in [0, 0.1) is 17.7 Å². The molecule has 1 aromatic rings. The van der Waals surface area contributed by atoms with Crippen molar-refractivity contribution in [2.24, 2.45) is 11.8 Å². The summed E-state index contributed by atoms with van der Waals surface area (Å²) in [6.45, 7) is 2.28. The zero-order chi connectivity index (χ0) is 14.4. The van der Waals surface area contributed by atoms with Gasteiger partial charge >= 0.3 is 0 Å². The minimum Gasteiger partial charge on any atom is -0.207 e. The van der Waals surface area contributed by atoms with Gasteiger partial charge in [-0.1, -0.05) is 67.1 Å². The van der Waals surface area contributed by atoms with Crippen molar-refractivity contribution in [3.05, 3.63) is 35.6 Å². The van der Waals surface area contributed by atoms with E-state index >= 15 is 0 Å².